The summed E-state index contributed by atoms with van der Waals surface area (Å²) in [5.74, 6) is 0. The predicted molar refractivity (Wildman–Crippen MR) is 47.5 cm³/mol. The highest BCUT2D eigenvalue weighted by atomic mass is 16.3. The molecule has 0 aromatic carbocycles. The molecule has 0 radical (unpaired) electrons. The van der Waals surface area contributed by atoms with E-state index >= 15 is 0 Å². The van der Waals surface area contributed by atoms with Gasteiger partial charge in [0, 0.05) is 12.1 Å². The molecular weight excluding hydrogens is 170 g/mol. The molecule has 3 N–H and O–H groups in total. The van der Waals surface area contributed by atoms with Crippen LogP contribution in [-0.4, -0.2) is 28.0 Å². The summed E-state index contributed by atoms with van der Waals surface area (Å²) in [6, 6.07) is 0. The quantitative estimate of drug-likeness (QED) is 0.540. The van der Waals surface area contributed by atoms with E-state index in [4.69, 9.17) is 5.11 Å². The Kier molecular flexibility index (Phi) is 2.20. The molecule has 0 unspecified atom stereocenters. The van der Waals surface area contributed by atoms with Crippen LogP contribution in [0.3, 0.4) is 0 Å². The maximum atomic E-state index is 11.6. The summed E-state index contributed by atoms with van der Waals surface area (Å²) >= 11 is 0. The molecule has 13 heavy (non-hydrogen) atoms. The van der Waals surface area contributed by atoms with Crippen molar-refractivity contribution >= 4 is 0 Å². The van der Waals surface area contributed by atoms with Gasteiger partial charge in [-0.1, -0.05) is 0 Å². The second kappa shape index (κ2) is 3.35. The van der Waals surface area contributed by atoms with E-state index in [9.17, 15) is 4.79 Å². The van der Waals surface area contributed by atoms with Gasteiger partial charge in [-0.25, -0.2) is 0 Å². The number of nitrogens with zero attached hydrogens (tertiary/aromatic N) is 1. The molecule has 72 valence electrons. The van der Waals surface area contributed by atoms with E-state index in [1.807, 2.05) is 0 Å². The third kappa shape index (κ3) is 1.40. The van der Waals surface area contributed by atoms with Gasteiger partial charge in [0.2, 0.25) is 0 Å². The lowest BCUT2D eigenvalue weighted by atomic mass is 10.1. The van der Waals surface area contributed by atoms with E-state index in [-0.39, 0.29) is 12.2 Å². The molecule has 5 heteroatoms. The minimum absolute atomic E-state index is 0.00721. The van der Waals surface area contributed by atoms with E-state index in [2.05, 4.69) is 10.4 Å². The Balaban J connectivity index is 2.39. The number of hydrogen-bond acceptors (Lipinski definition) is 3. The Morgan fingerprint density at radius 3 is 3.08 bits per heavy atom. The molecule has 0 spiro atoms. The van der Waals surface area contributed by atoms with Gasteiger partial charge in [0.05, 0.1) is 18.8 Å². The van der Waals surface area contributed by atoms with Crippen LogP contribution in [0.15, 0.2) is 4.79 Å². The fraction of sp³-hybridized carbons (Fsp3) is 0.625. The summed E-state index contributed by atoms with van der Waals surface area (Å²) in [5.41, 5.74) is 1.85. The molecule has 5 nitrogen and oxygen atoms in total. The van der Waals surface area contributed by atoms with Gasteiger partial charge in [0.15, 0.2) is 0 Å². The van der Waals surface area contributed by atoms with Crippen LogP contribution < -0.4 is 10.9 Å². The maximum absolute atomic E-state index is 11.6. The SMILES string of the molecule is O=c1c2c([nH]n1CCO)CNCC2. The van der Waals surface area contributed by atoms with Crippen LogP contribution in [-0.2, 0) is 19.5 Å². The van der Waals surface area contributed by atoms with Gasteiger partial charge in [-0.15, -0.1) is 0 Å². The molecule has 0 aliphatic carbocycles. The van der Waals surface area contributed by atoms with Crippen molar-refractivity contribution in [2.45, 2.75) is 19.5 Å². The van der Waals surface area contributed by atoms with Crippen molar-refractivity contribution in [3.63, 3.8) is 0 Å². The number of aliphatic hydroxyl groups is 1. The van der Waals surface area contributed by atoms with Crippen molar-refractivity contribution in [1.29, 1.82) is 0 Å². The average molecular weight is 183 g/mol. The maximum Gasteiger partial charge on any atom is 0.270 e. The zero-order valence-corrected chi connectivity index (χ0v) is 7.34. The number of nitrogens with one attached hydrogen (secondary N) is 2. The number of aromatic nitrogens is 2. The van der Waals surface area contributed by atoms with Crippen molar-refractivity contribution in [1.82, 2.24) is 15.1 Å². The van der Waals surface area contributed by atoms with Gasteiger partial charge in [-0.05, 0) is 13.0 Å². The van der Waals surface area contributed by atoms with Gasteiger partial charge in [0.25, 0.3) is 5.56 Å². The van der Waals surface area contributed by atoms with Gasteiger partial charge in [0.1, 0.15) is 0 Å². The molecule has 1 aromatic rings. The first-order valence-electron chi connectivity index (χ1n) is 4.45. The number of aromatic amines is 1. The molecule has 0 saturated heterocycles. The second-order valence-corrected chi connectivity index (χ2v) is 3.18. The molecule has 1 aliphatic rings. The average Bonchev–Trinajstić information content (AvgIpc) is 2.46. The topological polar surface area (TPSA) is 70.0 Å². The molecule has 1 aliphatic heterocycles. The summed E-state index contributed by atoms with van der Waals surface area (Å²) in [6.45, 7) is 1.93. The van der Waals surface area contributed by atoms with E-state index in [0.29, 0.717) is 6.54 Å². The second-order valence-electron chi connectivity index (χ2n) is 3.18. The summed E-state index contributed by atoms with van der Waals surface area (Å²) in [4.78, 5) is 11.6. The fourth-order valence-electron chi connectivity index (χ4n) is 1.66. The first kappa shape index (κ1) is 8.52. The highest BCUT2D eigenvalue weighted by Crippen LogP contribution is 2.05. The van der Waals surface area contributed by atoms with Gasteiger partial charge < -0.3 is 10.4 Å². The number of aliphatic hydroxyl groups excluding tert-OH is 1. The van der Waals surface area contributed by atoms with E-state index in [1.165, 1.54) is 4.68 Å². The Morgan fingerprint density at radius 1 is 1.54 bits per heavy atom. The third-order valence-electron chi connectivity index (χ3n) is 2.31. The van der Waals surface area contributed by atoms with Gasteiger partial charge in [-0.2, -0.15) is 0 Å². The Labute approximate surface area is 75.4 Å². The smallest absolute Gasteiger partial charge is 0.270 e. The van der Waals surface area contributed by atoms with Crippen LogP contribution in [0, 0.1) is 0 Å². The zero-order chi connectivity index (χ0) is 9.26. The summed E-state index contributed by atoms with van der Waals surface area (Å²) in [5, 5.41) is 14.9. The summed E-state index contributed by atoms with van der Waals surface area (Å²) < 4.78 is 1.47. The largest absolute Gasteiger partial charge is 0.394 e. The van der Waals surface area contributed by atoms with Crippen LogP contribution in [0.1, 0.15) is 11.3 Å². The number of hydrogen-bond donors (Lipinski definition) is 3. The minimum atomic E-state index is -0.00721. The van der Waals surface area contributed by atoms with Crippen LogP contribution in [0.5, 0.6) is 0 Å². The lowest BCUT2D eigenvalue weighted by Gasteiger charge is -2.09. The lowest BCUT2D eigenvalue weighted by molar-refractivity contribution is 0.267. The number of fused-ring (bicyclic) bond motifs is 1. The van der Waals surface area contributed by atoms with Crippen LogP contribution in [0.25, 0.3) is 0 Å². The standard InChI is InChI=1S/C8H13N3O2/c12-4-3-11-8(13)6-1-2-9-5-7(6)10-11/h9-10,12H,1-5H2. The molecule has 0 fully saturated rings. The van der Waals surface area contributed by atoms with Crippen molar-refractivity contribution in [2.75, 3.05) is 13.2 Å². The normalized spacial score (nSPS) is 15.8. The molecule has 1 aromatic heterocycles. The first-order chi connectivity index (χ1) is 6.33. The van der Waals surface area contributed by atoms with Gasteiger partial charge >= 0.3 is 0 Å². The van der Waals surface area contributed by atoms with E-state index in [0.717, 1.165) is 30.8 Å². The Hall–Kier alpha value is -1.07. The highest BCUT2D eigenvalue weighted by Gasteiger charge is 2.16. The minimum Gasteiger partial charge on any atom is -0.394 e. The molecule has 0 saturated carbocycles. The summed E-state index contributed by atoms with van der Waals surface area (Å²) in [7, 11) is 0. The van der Waals surface area contributed by atoms with E-state index < -0.39 is 0 Å². The Morgan fingerprint density at radius 2 is 2.38 bits per heavy atom. The van der Waals surface area contributed by atoms with Crippen LogP contribution >= 0.6 is 0 Å². The molecule has 2 rings (SSSR count). The van der Waals surface area contributed by atoms with Crippen LogP contribution in [0.4, 0.5) is 0 Å². The molecule has 0 atom stereocenters. The van der Waals surface area contributed by atoms with Crippen LogP contribution in [0.2, 0.25) is 0 Å². The Bertz CT molecular complexity index is 353. The number of H-pyrrole nitrogens is 1. The molecule has 2 heterocycles. The first-order valence-corrected chi connectivity index (χ1v) is 4.45. The van der Waals surface area contributed by atoms with Crippen molar-refractivity contribution < 1.29 is 5.11 Å². The monoisotopic (exact) mass is 183 g/mol. The molecule has 0 bridgehead atoms. The summed E-state index contributed by atoms with van der Waals surface area (Å²) in [6.07, 6.45) is 0.781. The van der Waals surface area contributed by atoms with Crippen molar-refractivity contribution in [3.8, 4) is 0 Å². The lowest BCUT2D eigenvalue weighted by Crippen LogP contribution is -2.27. The van der Waals surface area contributed by atoms with E-state index in [1.54, 1.807) is 0 Å². The molecule has 0 amide bonds. The number of rotatable bonds is 2. The van der Waals surface area contributed by atoms with Crippen molar-refractivity contribution in [2.24, 2.45) is 0 Å². The van der Waals surface area contributed by atoms with Crippen molar-refractivity contribution in [3.05, 3.63) is 21.6 Å². The fourth-order valence-corrected chi connectivity index (χ4v) is 1.66. The molecular formula is C8H13N3O2. The third-order valence-corrected chi connectivity index (χ3v) is 2.31. The van der Waals surface area contributed by atoms with Gasteiger partial charge in [-0.3, -0.25) is 14.6 Å². The predicted octanol–water partition coefficient (Wildman–Crippen LogP) is -1.19. The zero-order valence-electron chi connectivity index (χ0n) is 7.34. The highest BCUT2D eigenvalue weighted by molar-refractivity contribution is 5.19.